The molecule has 2 nitrogen and oxygen atoms in total. The molecule has 0 unspecified atom stereocenters. The quantitative estimate of drug-likeness (QED) is 0.769. The van der Waals surface area contributed by atoms with Crippen LogP contribution < -0.4 is 0 Å². The molecule has 0 radical (unpaired) electrons. The number of hydrogen-bond acceptors (Lipinski definition) is 2. The molecule has 0 bridgehead atoms. The molecule has 1 aromatic carbocycles. The second-order valence-electron chi connectivity index (χ2n) is 4.02. The Bertz CT molecular complexity index is 658. The number of aromatic nitrogens is 1. The van der Waals surface area contributed by atoms with Gasteiger partial charge in [0.2, 0.25) is 0 Å². The molecule has 0 spiro atoms. The zero-order chi connectivity index (χ0) is 13.3. The van der Waals surface area contributed by atoms with Crippen molar-refractivity contribution in [1.29, 1.82) is 5.26 Å². The van der Waals surface area contributed by atoms with E-state index in [9.17, 15) is 8.78 Å². The van der Waals surface area contributed by atoms with Crippen molar-refractivity contribution in [1.82, 2.24) is 4.98 Å². The van der Waals surface area contributed by atoms with Gasteiger partial charge in [0, 0.05) is 11.3 Å². The highest BCUT2D eigenvalue weighted by Gasteiger charge is 2.18. The lowest BCUT2D eigenvalue weighted by molar-refractivity contribution is 0.573. The number of hydrogen-bond donors (Lipinski definition) is 0. The number of benzene rings is 1. The van der Waals surface area contributed by atoms with Gasteiger partial charge >= 0.3 is 0 Å². The third kappa shape index (κ3) is 1.95. The fraction of sp³-hybridized carbons (Fsp3) is 0.143. The minimum Gasteiger partial charge on any atom is -0.253 e. The monoisotopic (exact) mass is 244 g/mol. The molecule has 90 valence electrons. The van der Waals surface area contributed by atoms with Gasteiger partial charge in [-0.25, -0.2) is 8.78 Å². The second-order valence-corrected chi connectivity index (χ2v) is 4.02. The molecule has 0 amide bonds. The molecular formula is C14H10F2N2. The van der Waals surface area contributed by atoms with E-state index in [1.165, 1.54) is 13.0 Å². The van der Waals surface area contributed by atoms with Crippen molar-refractivity contribution in [2.24, 2.45) is 0 Å². The number of pyridine rings is 1. The maximum absolute atomic E-state index is 14.0. The van der Waals surface area contributed by atoms with Gasteiger partial charge in [-0.15, -0.1) is 0 Å². The molecule has 18 heavy (non-hydrogen) atoms. The molecule has 0 saturated carbocycles. The molecule has 0 aliphatic heterocycles. The maximum atomic E-state index is 14.0. The maximum Gasteiger partial charge on any atom is 0.153 e. The topological polar surface area (TPSA) is 36.7 Å². The van der Waals surface area contributed by atoms with Gasteiger partial charge in [-0.1, -0.05) is 6.07 Å². The van der Waals surface area contributed by atoms with Crippen molar-refractivity contribution in [3.63, 3.8) is 0 Å². The summed E-state index contributed by atoms with van der Waals surface area (Å²) in [5, 5.41) is 8.80. The van der Waals surface area contributed by atoms with Crippen LogP contribution in [0, 0.1) is 36.8 Å². The van der Waals surface area contributed by atoms with E-state index < -0.39 is 17.2 Å². The smallest absolute Gasteiger partial charge is 0.153 e. The molecular weight excluding hydrogens is 234 g/mol. The van der Waals surface area contributed by atoms with E-state index in [1.807, 2.05) is 0 Å². The number of rotatable bonds is 1. The van der Waals surface area contributed by atoms with Gasteiger partial charge in [0.25, 0.3) is 0 Å². The molecule has 2 aromatic rings. The Morgan fingerprint density at radius 2 is 1.89 bits per heavy atom. The normalized spacial score (nSPS) is 10.2. The van der Waals surface area contributed by atoms with Crippen molar-refractivity contribution >= 4 is 0 Å². The Hall–Kier alpha value is -2.28. The molecule has 0 atom stereocenters. The Labute approximate surface area is 104 Å². The van der Waals surface area contributed by atoms with E-state index in [0.29, 0.717) is 5.69 Å². The van der Waals surface area contributed by atoms with Crippen molar-refractivity contribution in [3.8, 4) is 17.3 Å². The van der Waals surface area contributed by atoms with Gasteiger partial charge in [0.05, 0.1) is 5.69 Å². The fourth-order valence-corrected chi connectivity index (χ4v) is 1.75. The predicted octanol–water partition coefficient (Wildman–Crippen LogP) is 3.52. The summed E-state index contributed by atoms with van der Waals surface area (Å²) in [4.78, 5) is 4.18. The molecule has 4 heteroatoms. The van der Waals surface area contributed by atoms with Gasteiger partial charge < -0.3 is 0 Å². The van der Waals surface area contributed by atoms with Crippen LogP contribution in [0.3, 0.4) is 0 Å². The Morgan fingerprint density at radius 1 is 1.17 bits per heavy atom. The number of nitriles is 1. The van der Waals surface area contributed by atoms with Gasteiger partial charge in [0.1, 0.15) is 17.4 Å². The number of halogens is 2. The minimum absolute atomic E-state index is 0.147. The van der Waals surface area contributed by atoms with E-state index >= 15 is 0 Å². The van der Waals surface area contributed by atoms with Gasteiger partial charge in [-0.2, -0.15) is 5.26 Å². The molecule has 2 rings (SSSR count). The van der Waals surface area contributed by atoms with Crippen LogP contribution in [0.4, 0.5) is 8.78 Å². The first kappa shape index (κ1) is 12.2. The van der Waals surface area contributed by atoms with Crippen LogP contribution in [0.15, 0.2) is 24.3 Å². The summed E-state index contributed by atoms with van der Waals surface area (Å²) < 4.78 is 27.6. The molecule has 0 N–H and O–H groups in total. The number of aryl methyl sites for hydroxylation is 2. The molecule has 1 heterocycles. The summed E-state index contributed by atoms with van der Waals surface area (Å²) in [6, 6.07) is 8.07. The van der Waals surface area contributed by atoms with E-state index in [1.54, 1.807) is 31.2 Å². The minimum atomic E-state index is -0.862. The predicted molar refractivity (Wildman–Crippen MR) is 63.8 cm³/mol. The lowest BCUT2D eigenvalue weighted by Crippen LogP contribution is -1.99. The van der Waals surface area contributed by atoms with E-state index in [-0.39, 0.29) is 11.1 Å². The van der Waals surface area contributed by atoms with Crippen molar-refractivity contribution < 1.29 is 8.78 Å². The molecule has 0 aliphatic rings. The first-order valence-corrected chi connectivity index (χ1v) is 5.37. The molecule has 0 saturated heterocycles. The highest BCUT2D eigenvalue weighted by Crippen LogP contribution is 2.27. The standard InChI is InChI=1S/C14H10F2N2/c1-8-6-10(12-5-3-4-9(2)18-12)14(16)11(7-17)13(8)15/h3-6H,1-2H3. The van der Waals surface area contributed by atoms with Gasteiger partial charge in [-0.3, -0.25) is 4.98 Å². The Morgan fingerprint density at radius 3 is 2.50 bits per heavy atom. The first-order chi connectivity index (χ1) is 8.54. The fourth-order valence-electron chi connectivity index (χ4n) is 1.75. The van der Waals surface area contributed by atoms with Crippen molar-refractivity contribution in [3.05, 3.63) is 52.7 Å². The summed E-state index contributed by atoms with van der Waals surface area (Å²) in [6.45, 7) is 3.28. The van der Waals surface area contributed by atoms with Crippen LogP contribution >= 0.6 is 0 Å². The Balaban J connectivity index is 2.74. The summed E-state index contributed by atoms with van der Waals surface area (Å²) in [5.41, 5.74) is 0.938. The summed E-state index contributed by atoms with van der Waals surface area (Å²) in [7, 11) is 0. The summed E-state index contributed by atoms with van der Waals surface area (Å²) in [6.07, 6.45) is 0. The molecule has 0 fully saturated rings. The van der Waals surface area contributed by atoms with Gasteiger partial charge in [-0.05, 0) is 37.6 Å². The highest BCUT2D eigenvalue weighted by molar-refractivity contribution is 5.64. The largest absolute Gasteiger partial charge is 0.253 e. The zero-order valence-corrected chi connectivity index (χ0v) is 9.96. The van der Waals surface area contributed by atoms with E-state index in [4.69, 9.17) is 5.26 Å². The lowest BCUT2D eigenvalue weighted by Gasteiger charge is -2.08. The van der Waals surface area contributed by atoms with Crippen molar-refractivity contribution in [2.45, 2.75) is 13.8 Å². The van der Waals surface area contributed by atoms with Crippen LogP contribution in [-0.4, -0.2) is 4.98 Å². The van der Waals surface area contributed by atoms with Crippen molar-refractivity contribution in [2.75, 3.05) is 0 Å². The highest BCUT2D eigenvalue weighted by atomic mass is 19.1. The first-order valence-electron chi connectivity index (χ1n) is 5.37. The average molecular weight is 244 g/mol. The summed E-state index contributed by atoms with van der Waals surface area (Å²) in [5.74, 6) is -1.68. The second kappa shape index (κ2) is 4.53. The average Bonchev–Trinajstić information content (AvgIpc) is 2.34. The SMILES string of the molecule is Cc1cccc(-c2cc(C)c(F)c(C#N)c2F)n1. The van der Waals surface area contributed by atoms with Gasteiger partial charge in [0.15, 0.2) is 5.82 Å². The van der Waals surface area contributed by atoms with Crippen LogP contribution in [0.25, 0.3) is 11.3 Å². The number of nitrogens with zero attached hydrogens (tertiary/aromatic N) is 2. The third-order valence-electron chi connectivity index (χ3n) is 2.66. The van der Waals surface area contributed by atoms with E-state index in [2.05, 4.69) is 4.98 Å². The summed E-state index contributed by atoms with van der Waals surface area (Å²) >= 11 is 0. The third-order valence-corrected chi connectivity index (χ3v) is 2.66. The zero-order valence-electron chi connectivity index (χ0n) is 9.96. The Kier molecular flexibility index (Phi) is 3.07. The molecule has 0 aliphatic carbocycles. The van der Waals surface area contributed by atoms with Crippen LogP contribution in [0.1, 0.15) is 16.8 Å². The lowest BCUT2D eigenvalue weighted by atomic mass is 10.0. The van der Waals surface area contributed by atoms with Crippen LogP contribution in [0.2, 0.25) is 0 Å². The molecule has 1 aromatic heterocycles. The van der Waals surface area contributed by atoms with Crippen LogP contribution in [-0.2, 0) is 0 Å². The van der Waals surface area contributed by atoms with E-state index in [0.717, 1.165) is 5.69 Å². The van der Waals surface area contributed by atoms with Crippen LogP contribution in [0.5, 0.6) is 0 Å².